The minimum absolute atomic E-state index is 0.158. The van der Waals surface area contributed by atoms with Crippen molar-refractivity contribution in [1.29, 1.82) is 0 Å². The van der Waals surface area contributed by atoms with E-state index in [1.54, 1.807) is 0 Å². The van der Waals surface area contributed by atoms with Crippen molar-refractivity contribution in [1.82, 2.24) is 10.6 Å². The van der Waals surface area contributed by atoms with E-state index in [2.05, 4.69) is 17.6 Å². The normalized spacial score (nSPS) is 12.5. The zero-order chi connectivity index (χ0) is 20.5. The van der Waals surface area contributed by atoms with Gasteiger partial charge in [0.15, 0.2) is 0 Å². The molecule has 4 nitrogen and oxygen atoms in total. The molecule has 28 heavy (non-hydrogen) atoms. The SMILES string of the molecule is CCCCCCCCCCC(O)CNCCCCCCNCCCCCCN. The van der Waals surface area contributed by atoms with Gasteiger partial charge in [-0.15, -0.1) is 0 Å². The van der Waals surface area contributed by atoms with Crippen LogP contribution in [-0.4, -0.2) is 43.9 Å². The van der Waals surface area contributed by atoms with Crippen LogP contribution in [0.2, 0.25) is 0 Å². The maximum Gasteiger partial charge on any atom is 0.0664 e. The number of aliphatic hydroxyl groups is 1. The summed E-state index contributed by atoms with van der Waals surface area (Å²) in [6.45, 7) is 7.22. The molecule has 0 aromatic rings. The van der Waals surface area contributed by atoms with E-state index in [0.29, 0.717) is 0 Å². The first-order valence-electron chi connectivity index (χ1n) is 12.6. The highest BCUT2D eigenvalue weighted by Crippen LogP contribution is 2.10. The summed E-state index contributed by atoms with van der Waals surface area (Å²) in [4.78, 5) is 0. The van der Waals surface area contributed by atoms with Gasteiger partial charge in [-0.2, -0.15) is 0 Å². The summed E-state index contributed by atoms with van der Waals surface area (Å²) in [5.74, 6) is 0. The van der Waals surface area contributed by atoms with Gasteiger partial charge < -0.3 is 21.5 Å². The van der Waals surface area contributed by atoms with E-state index in [4.69, 9.17) is 5.73 Å². The molecule has 0 heterocycles. The number of rotatable bonds is 24. The second kappa shape index (κ2) is 24.9. The molecule has 0 spiro atoms. The summed E-state index contributed by atoms with van der Waals surface area (Å²) < 4.78 is 0. The lowest BCUT2D eigenvalue weighted by Gasteiger charge is -2.12. The van der Waals surface area contributed by atoms with Gasteiger partial charge in [0, 0.05) is 6.54 Å². The Morgan fingerprint density at radius 2 is 1.07 bits per heavy atom. The number of unbranched alkanes of at least 4 members (excludes halogenated alkanes) is 13. The average Bonchev–Trinajstić information content (AvgIpc) is 2.70. The van der Waals surface area contributed by atoms with Crippen LogP contribution in [0.1, 0.15) is 116 Å². The fraction of sp³-hybridized carbons (Fsp3) is 1.00. The number of nitrogens with one attached hydrogen (secondary N) is 2. The molecule has 0 rings (SSSR count). The van der Waals surface area contributed by atoms with Gasteiger partial charge in [-0.05, 0) is 58.3 Å². The van der Waals surface area contributed by atoms with Crippen molar-refractivity contribution in [3.8, 4) is 0 Å². The molecule has 0 saturated heterocycles. The summed E-state index contributed by atoms with van der Waals surface area (Å²) in [5, 5.41) is 17.0. The average molecular weight is 400 g/mol. The van der Waals surface area contributed by atoms with Crippen LogP contribution < -0.4 is 16.4 Å². The van der Waals surface area contributed by atoms with E-state index in [-0.39, 0.29) is 6.10 Å². The molecule has 0 saturated carbocycles. The van der Waals surface area contributed by atoms with Gasteiger partial charge in [0.2, 0.25) is 0 Å². The van der Waals surface area contributed by atoms with Crippen LogP contribution in [-0.2, 0) is 0 Å². The molecule has 0 fully saturated rings. The highest BCUT2D eigenvalue weighted by Gasteiger charge is 2.03. The van der Waals surface area contributed by atoms with Crippen LogP contribution in [0.5, 0.6) is 0 Å². The highest BCUT2D eigenvalue weighted by molar-refractivity contribution is 4.60. The van der Waals surface area contributed by atoms with Crippen molar-refractivity contribution in [2.45, 2.75) is 122 Å². The second-order valence-corrected chi connectivity index (χ2v) is 8.49. The maximum absolute atomic E-state index is 10.0. The summed E-state index contributed by atoms with van der Waals surface area (Å²) in [7, 11) is 0. The molecule has 0 amide bonds. The van der Waals surface area contributed by atoms with Gasteiger partial charge in [-0.1, -0.05) is 84.0 Å². The highest BCUT2D eigenvalue weighted by atomic mass is 16.3. The smallest absolute Gasteiger partial charge is 0.0664 e. The predicted molar refractivity (Wildman–Crippen MR) is 125 cm³/mol. The van der Waals surface area contributed by atoms with Crippen LogP contribution in [0.4, 0.5) is 0 Å². The maximum atomic E-state index is 10.0. The molecule has 0 bridgehead atoms. The first-order chi connectivity index (χ1) is 13.8. The number of nitrogens with two attached hydrogens (primary N) is 1. The Labute approximate surface area is 176 Å². The van der Waals surface area contributed by atoms with E-state index in [1.807, 2.05) is 0 Å². The Kier molecular flexibility index (Phi) is 24.7. The Morgan fingerprint density at radius 3 is 1.64 bits per heavy atom. The monoisotopic (exact) mass is 399 g/mol. The molecule has 0 aromatic heterocycles. The molecule has 4 heteroatoms. The standard InChI is InChI=1S/C24H53N3O/c1-2-3-4-5-6-7-8-13-18-24(28)23-27-22-17-12-11-16-21-26-20-15-10-9-14-19-25/h24,26-28H,2-23,25H2,1H3. The van der Waals surface area contributed by atoms with Gasteiger partial charge in [0.05, 0.1) is 6.10 Å². The summed E-state index contributed by atoms with van der Waals surface area (Å²) in [5.41, 5.74) is 5.50. The third kappa shape index (κ3) is 23.9. The molecule has 0 radical (unpaired) electrons. The van der Waals surface area contributed by atoms with Crippen LogP contribution in [0.15, 0.2) is 0 Å². The molecule has 0 aliphatic heterocycles. The fourth-order valence-corrected chi connectivity index (χ4v) is 3.61. The third-order valence-electron chi connectivity index (χ3n) is 5.54. The van der Waals surface area contributed by atoms with Crippen molar-refractivity contribution >= 4 is 0 Å². The Morgan fingerprint density at radius 1 is 0.607 bits per heavy atom. The van der Waals surface area contributed by atoms with Gasteiger partial charge in [-0.25, -0.2) is 0 Å². The minimum atomic E-state index is -0.158. The Hall–Kier alpha value is -0.160. The van der Waals surface area contributed by atoms with Crippen molar-refractivity contribution in [3.63, 3.8) is 0 Å². The van der Waals surface area contributed by atoms with Crippen molar-refractivity contribution in [2.24, 2.45) is 5.73 Å². The first-order valence-corrected chi connectivity index (χ1v) is 12.6. The lowest BCUT2D eigenvalue weighted by molar-refractivity contribution is 0.158. The van der Waals surface area contributed by atoms with Gasteiger partial charge >= 0.3 is 0 Å². The summed E-state index contributed by atoms with van der Waals surface area (Å²) in [6.07, 6.45) is 21.6. The Balaban J connectivity index is 3.11. The van der Waals surface area contributed by atoms with Gasteiger partial charge in [0.1, 0.15) is 0 Å². The molecule has 170 valence electrons. The quantitative estimate of drug-likeness (QED) is 0.170. The van der Waals surface area contributed by atoms with Gasteiger partial charge in [-0.3, -0.25) is 0 Å². The molecule has 1 atom stereocenters. The van der Waals surface area contributed by atoms with E-state index in [9.17, 15) is 5.11 Å². The van der Waals surface area contributed by atoms with E-state index in [0.717, 1.165) is 39.1 Å². The molecule has 0 aliphatic rings. The van der Waals surface area contributed by atoms with E-state index >= 15 is 0 Å². The summed E-state index contributed by atoms with van der Waals surface area (Å²) >= 11 is 0. The van der Waals surface area contributed by atoms with Crippen LogP contribution in [0, 0.1) is 0 Å². The van der Waals surface area contributed by atoms with Crippen molar-refractivity contribution in [2.75, 3.05) is 32.7 Å². The molecular formula is C24H53N3O. The molecular weight excluding hydrogens is 346 g/mol. The Bertz CT molecular complexity index is 277. The lowest BCUT2D eigenvalue weighted by atomic mass is 10.1. The fourth-order valence-electron chi connectivity index (χ4n) is 3.61. The van der Waals surface area contributed by atoms with Crippen molar-refractivity contribution in [3.05, 3.63) is 0 Å². The molecule has 5 N–H and O–H groups in total. The van der Waals surface area contributed by atoms with Crippen LogP contribution in [0.3, 0.4) is 0 Å². The number of hydrogen-bond acceptors (Lipinski definition) is 4. The van der Waals surface area contributed by atoms with Gasteiger partial charge in [0.25, 0.3) is 0 Å². The topological polar surface area (TPSA) is 70.3 Å². The van der Waals surface area contributed by atoms with E-state index in [1.165, 1.54) is 103 Å². The second-order valence-electron chi connectivity index (χ2n) is 8.49. The first kappa shape index (κ1) is 27.8. The largest absolute Gasteiger partial charge is 0.392 e. The third-order valence-corrected chi connectivity index (χ3v) is 5.54. The van der Waals surface area contributed by atoms with Crippen molar-refractivity contribution < 1.29 is 5.11 Å². The summed E-state index contributed by atoms with van der Waals surface area (Å²) in [6, 6.07) is 0. The molecule has 0 aromatic carbocycles. The van der Waals surface area contributed by atoms with Crippen LogP contribution in [0.25, 0.3) is 0 Å². The minimum Gasteiger partial charge on any atom is -0.392 e. The lowest BCUT2D eigenvalue weighted by Crippen LogP contribution is -2.27. The number of aliphatic hydroxyl groups excluding tert-OH is 1. The zero-order valence-electron chi connectivity index (χ0n) is 19.2. The molecule has 1 unspecified atom stereocenters. The van der Waals surface area contributed by atoms with E-state index < -0.39 is 0 Å². The van der Waals surface area contributed by atoms with Crippen LogP contribution >= 0.6 is 0 Å². The number of hydrogen-bond donors (Lipinski definition) is 4. The molecule has 0 aliphatic carbocycles. The zero-order valence-corrected chi connectivity index (χ0v) is 19.2. The predicted octanol–water partition coefficient (Wildman–Crippen LogP) is 5.14.